The number of nitrogens with one attached hydrogen (secondary N) is 2. The lowest BCUT2D eigenvalue weighted by atomic mass is 9.93. The van der Waals surface area contributed by atoms with E-state index in [1.165, 1.54) is 10.5 Å². The molecule has 2 aliphatic heterocycles. The Labute approximate surface area is 184 Å². The van der Waals surface area contributed by atoms with Crippen LogP contribution >= 0.6 is 0 Å². The van der Waals surface area contributed by atoms with Gasteiger partial charge in [-0.3, -0.25) is 14.8 Å². The molecule has 0 saturated carbocycles. The fourth-order valence-corrected chi connectivity index (χ4v) is 4.71. The number of rotatable bonds is 7. The number of likely N-dealkylation sites (tertiary alicyclic amines) is 2. The topological polar surface area (TPSA) is 42.9 Å². The van der Waals surface area contributed by atoms with E-state index in [0.29, 0.717) is 31.1 Å². The van der Waals surface area contributed by atoms with Crippen LogP contribution in [0, 0.1) is 5.92 Å². The highest BCUT2D eigenvalue weighted by atomic mass is 19.4. The Kier molecular flexibility index (Phi) is 8.60. The van der Waals surface area contributed by atoms with Crippen LogP contribution in [0.4, 0.5) is 13.2 Å². The quantitative estimate of drug-likeness (QED) is 0.504. The number of piperidine rings is 1. The number of benzene rings is 1. The second-order valence-electron chi connectivity index (χ2n) is 8.96. The van der Waals surface area contributed by atoms with Crippen LogP contribution in [0.5, 0.6) is 0 Å². The second kappa shape index (κ2) is 11.2. The molecule has 2 unspecified atom stereocenters. The van der Waals surface area contributed by atoms with Crippen LogP contribution < -0.4 is 10.6 Å². The molecule has 0 radical (unpaired) electrons. The van der Waals surface area contributed by atoms with Crippen molar-refractivity contribution in [2.24, 2.45) is 10.9 Å². The molecule has 2 fully saturated rings. The van der Waals surface area contributed by atoms with Crippen molar-refractivity contribution < 1.29 is 13.2 Å². The largest absolute Gasteiger partial charge is 0.401 e. The van der Waals surface area contributed by atoms with E-state index in [4.69, 9.17) is 0 Å². The molecule has 5 nitrogen and oxygen atoms in total. The second-order valence-corrected chi connectivity index (χ2v) is 8.96. The van der Waals surface area contributed by atoms with Gasteiger partial charge in [-0.25, -0.2) is 0 Å². The molecule has 0 aromatic heterocycles. The number of nitrogens with zero attached hydrogens (tertiary/aromatic N) is 3. The number of guanidine groups is 1. The molecular weight excluding hydrogens is 403 g/mol. The molecular formula is C23H36F3N5. The Bertz CT molecular complexity index is 686. The van der Waals surface area contributed by atoms with E-state index in [1.54, 1.807) is 7.05 Å². The lowest BCUT2D eigenvalue weighted by Gasteiger charge is -2.32. The predicted molar refractivity (Wildman–Crippen MR) is 119 cm³/mol. The summed E-state index contributed by atoms with van der Waals surface area (Å²) in [4.78, 5) is 8.38. The minimum atomic E-state index is -4.10. The van der Waals surface area contributed by atoms with Gasteiger partial charge in [0.25, 0.3) is 0 Å². The summed E-state index contributed by atoms with van der Waals surface area (Å²) in [5.41, 5.74) is 1.33. The van der Waals surface area contributed by atoms with Gasteiger partial charge in [-0.15, -0.1) is 0 Å². The summed E-state index contributed by atoms with van der Waals surface area (Å²) in [6, 6.07) is 11.4. The Balaban J connectivity index is 1.35. The van der Waals surface area contributed by atoms with Crippen molar-refractivity contribution in [3.63, 3.8) is 0 Å². The first-order chi connectivity index (χ1) is 14.8. The van der Waals surface area contributed by atoms with E-state index >= 15 is 0 Å². The van der Waals surface area contributed by atoms with E-state index in [9.17, 15) is 13.2 Å². The minimum absolute atomic E-state index is 0.357. The molecule has 2 N–H and O–H groups in total. The van der Waals surface area contributed by atoms with Gasteiger partial charge in [-0.1, -0.05) is 30.3 Å². The molecule has 2 aliphatic rings. The normalized spacial score (nSPS) is 24.5. The van der Waals surface area contributed by atoms with E-state index in [2.05, 4.69) is 51.7 Å². The number of hydrogen-bond acceptors (Lipinski definition) is 3. The number of hydrogen-bond donors (Lipinski definition) is 2. The van der Waals surface area contributed by atoms with Crippen LogP contribution in [-0.4, -0.2) is 73.8 Å². The summed E-state index contributed by atoms with van der Waals surface area (Å²) in [6.45, 7) is 5.29. The van der Waals surface area contributed by atoms with Gasteiger partial charge in [0.05, 0.1) is 6.54 Å². The smallest absolute Gasteiger partial charge is 0.356 e. The van der Waals surface area contributed by atoms with Crippen molar-refractivity contribution >= 4 is 5.96 Å². The van der Waals surface area contributed by atoms with Crippen LogP contribution in [0.3, 0.4) is 0 Å². The third-order valence-electron chi connectivity index (χ3n) is 6.45. The van der Waals surface area contributed by atoms with Crippen LogP contribution in [0.1, 0.15) is 38.2 Å². The summed E-state index contributed by atoms with van der Waals surface area (Å²) in [6.07, 6.45) is -0.398. The molecule has 0 bridgehead atoms. The maximum absolute atomic E-state index is 12.5. The van der Waals surface area contributed by atoms with Crippen molar-refractivity contribution in [1.82, 2.24) is 20.4 Å². The summed E-state index contributed by atoms with van der Waals surface area (Å²) in [7, 11) is 1.78. The van der Waals surface area contributed by atoms with Crippen molar-refractivity contribution in [2.75, 3.05) is 39.8 Å². The monoisotopic (exact) mass is 439 g/mol. The van der Waals surface area contributed by atoms with Crippen molar-refractivity contribution in [1.29, 1.82) is 0 Å². The summed E-state index contributed by atoms with van der Waals surface area (Å²) >= 11 is 0. The molecule has 0 aliphatic carbocycles. The number of aliphatic imine (C=N–C) groups is 1. The fourth-order valence-electron chi connectivity index (χ4n) is 4.71. The molecule has 31 heavy (non-hydrogen) atoms. The zero-order valence-electron chi connectivity index (χ0n) is 18.7. The van der Waals surface area contributed by atoms with Crippen molar-refractivity contribution in [3.8, 4) is 0 Å². The Morgan fingerprint density at radius 3 is 2.52 bits per heavy atom. The molecule has 174 valence electrons. The summed E-state index contributed by atoms with van der Waals surface area (Å²) in [5.74, 6) is 1.29. The summed E-state index contributed by atoms with van der Waals surface area (Å²) in [5, 5.41) is 6.95. The highest BCUT2D eigenvalue weighted by molar-refractivity contribution is 5.80. The predicted octanol–water partition coefficient (Wildman–Crippen LogP) is 3.48. The van der Waals surface area contributed by atoms with E-state index in [0.717, 1.165) is 51.3 Å². The van der Waals surface area contributed by atoms with Gasteiger partial charge in [0.2, 0.25) is 0 Å². The maximum Gasteiger partial charge on any atom is 0.401 e. The molecule has 0 amide bonds. The highest BCUT2D eigenvalue weighted by Crippen LogP contribution is 2.24. The molecule has 2 saturated heterocycles. The van der Waals surface area contributed by atoms with Crippen LogP contribution in [0.15, 0.2) is 35.3 Å². The average molecular weight is 440 g/mol. The minimum Gasteiger partial charge on any atom is -0.356 e. The third-order valence-corrected chi connectivity index (χ3v) is 6.45. The lowest BCUT2D eigenvalue weighted by Crippen LogP contribution is -2.45. The van der Waals surface area contributed by atoms with Crippen LogP contribution in [0.25, 0.3) is 0 Å². The highest BCUT2D eigenvalue weighted by Gasteiger charge is 2.32. The van der Waals surface area contributed by atoms with Gasteiger partial charge in [0.15, 0.2) is 5.96 Å². The third kappa shape index (κ3) is 8.00. The fraction of sp³-hybridized carbons (Fsp3) is 0.696. The lowest BCUT2D eigenvalue weighted by molar-refractivity contribution is -0.148. The molecule has 2 heterocycles. The molecule has 1 aromatic rings. The molecule has 2 atom stereocenters. The van der Waals surface area contributed by atoms with Crippen LogP contribution in [0.2, 0.25) is 0 Å². The number of halogens is 3. The first-order valence-electron chi connectivity index (χ1n) is 11.4. The van der Waals surface area contributed by atoms with Gasteiger partial charge >= 0.3 is 6.18 Å². The molecule has 1 aromatic carbocycles. The van der Waals surface area contributed by atoms with E-state index in [1.807, 2.05) is 6.07 Å². The SMILES string of the molecule is CN=C(NCCC1CCN(CC(F)(F)F)CC1)NC1CC(C)N(Cc2ccccc2)C1. The first kappa shape index (κ1) is 23.9. The zero-order chi connectivity index (χ0) is 22.3. The molecule has 8 heteroatoms. The van der Waals surface area contributed by atoms with Gasteiger partial charge in [0, 0.05) is 38.8 Å². The van der Waals surface area contributed by atoms with Gasteiger partial charge < -0.3 is 10.6 Å². The van der Waals surface area contributed by atoms with E-state index in [-0.39, 0.29) is 0 Å². The average Bonchev–Trinajstić information content (AvgIpc) is 3.07. The first-order valence-corrected chi connectivity index (χ1v) is 11.4. The Morgan fingerprint density at radius 2 is 1.87 bits per heavy atom. The van der Waals surface area contributed by atoms with Crippen molar-refractivity contribution in [3.05, 3.63) is 35.9 Å². The zero-order valence-corrected chi connectivity index (χ0v) is 18.7. The van der Waals surface area contributed by atoms with E-state index < -0.39 is 12.7 Å². The molecule has 0 spiro atoms. The maximum atomic E-state index is 12.5. The standard InChI is InChI=1S/C23H36F3N5/c1-18-14-21(16-31(18)15-20-6-4-3-5-7-20)29-22(27-2)28-11-8-19-9-12-30(13-10-19)17-23(24,25)26/h3-7,18-19,21H,8-17H2,1-2H3,(H2,27,28,29). The van der Waals surface area contributed by atoms with Gasteiger partial charge in [0.1, 0.15) is 0 Å². The number of alkyl halides is 3. The van der Waals surface area contributed by atoms with Crippen LogP contribution in [-0.2, 0) is 6.54 Å². The van der Waals surface area contributed by atoms with Gasteiger partial charge in [-0.2, -0.15) is 13.2 Å². The molecule has 3 rings (SSSR count). The Morgan fingerprint density at radius 1 is 1.16 bits per heavy atom. The van der Waals surface area contributed by atoms with Gasteiger partial charge in [-0.05, 0) is 57.2 Å². The van der Waals surface area contributed by atoms with Crippen molar-refractivity contribution in [2.45, 2.75) is 57.4 Å². The summed E-state index contributed by atoms with van der Waals surface area (Å²) < 4.78 is 37.6. The Hall–Kier alpha value is -1.80.